The first kappa shape index (κ1) is 27.2. The number of halogens is 3. The lowest BCUT2D eigenvalue weighted by molar-refractivity contribution is -0.116. The first-order valence-corrected chi connectivity index (χ1v) is 13.0. The van der Waals surface area contributed by atoms with Crippen LogP contribution in [-0.4, -0.2) is 12.5 Å². The highest BCUT2D eigenvalue weighted by Gasteiger charge is 2.14. The lowest BCUT2D eigenvalue weighted by Gasteiger charge is -2.17. The Labute approximate surface area is 225 Å². The number of nitrogens with one attached hydrogen (secondary N) is 2. The van der Waals surface area contributed by atoms with Gasteiger partial charge in [-0.05, 0) is 76.8 Å². The summed E-state index contributed by atoms with van der Waals surface area (Å²) in [5, 5.41) is 7.48. The van der Waals surface area contributed by atoms with E-state index >= 15 is 0 Å². The van der Waals surface area contributed by atoms with Crippen molar-refractivity contribution >= 4 is 56.4 Å². The summed E-state index contributed by atoms with van der Waals surface area (Å²) < 4.78 is 12.7. The van der Waals surface area contributed by atoms with Crippen molar-refractivity contribution in [2.45, 2.75) is 40.3 Å². The number of carbonyl (C=O) groups excluding carboxylic acids is 1. The van der Waals surface area contributed by atoms with E-state index in [-0.39, 0.29) is 12.5 Å². The Morgan fingerprint density at radius 3 is 2.51 bits per heavy atom. The molecule has 3 aromatic carbocycles. The third kappa shape index (κ3) is 8.34. The van der Waals surface area contributed by atoms with Crippen molar-refractivity contribution in [2.24, 2.45) is 5.92 Å². The average Bonchev–Trinajstić information content (AvgIpc) is 2.78. The number of rotatable bonds is 11. The van der Waals surface area contributed by atoms with Crippen LogP contribution >= 0.6 is 39.1 Å². The van der Waals surface area contributed by atoms with Crippen molar-refractivity contribution in [1.29, 1.82) is 0 Å². The van der Waals surface area contributed by atoms with E-state index in [0.717, 1.165) is 27.0 Å². The van der Waals surface area contributed by atoms with Crippen molar-refractivity contribution in [2.75, 3.05) is 17.2 Å². The number of benzene rings is 3. The summed E-state index contributed by atoms with van der Waals surface area (Å²) in [5.74, 6) is 1.57. The van der Waals surface area contributed by atoms with E-state index in [4.69, 9.17) is 32.7 Å². The molecular weight excluding hydrogens is 551 g/mol. The minimum absolute atomic E-state index is 0.0120. The molecule has 3 rings (SSSR count). The molecule has 2 N–H and O–H groups in total. The van der Waals surface area contributed by atoms with Crippen LogP contribution in [0.4, 0.5) is 11.4 Å². The molecule has 35 heavy (non-hydrogen) atoms. The van der Waals surface area contributed by atoms with Crippen LogP contribution in [0.5, 0.6) is 11.5 Å². The Kier molecular flexibility index (Phi) is 10.1. The lowest BCUT2D eigenvalue weighted by atomic mass is 10.1. The van der Waals surface area contributed by atoms with E-state index in [0.29, 0.717) is 47.0 Å². The number of ether oxygens (including phenoxy) is 2. The fourth-order valence-electron chi connectivity index (χ4n) is 3.41. The van der Waals surface area contributed by atoms with Gasteiger partial charge >= 0.3 is 0 Å². The number of hydrogen-bond acceptors (Lipinski definition) is 4. The normalized spacial score (nSPS) is 10.8. The van der Waals surface area contributed by atoms with Crippen LogP contribution in [0.15, 0.2) is 59.1 Å². The van der Waals surface area contributed by atoms with Gasteiger partial charge in [0.15, 0.2) is 11.5 Å². The topological polar surface area (TPSA) is 59.6 Å². The molecule has 0 saturated carbocycles. The maximum absolute atomic E-state index is 12.1. The number of hydrogen-bond donors (Lipinski definition) is 2. The van der Waals surface area contributed by atoms with Crippen molar-refractivity contribution in [3.63, 3.8) is 0 Å². The smallest absolute Gasteiger partial charge is 0.224 e. The fraction of sp³-hybridized carbons (Fsp3) is 0.296. The largest absolute Gasteiger partial charge is 0.490 e. The molecule has 186 valence electrons. The molecule has 0 bridgehead atoms. The predicted octanol–water partition coefficient (Wildman–Crippen LogP) is 8.33. The molecule has 0 fully saturated rings. The van der Waals surface area contributed by atoms with Gasteiger partial charge in [0.2, 0.25) is 5.91 Å². The van der Waals surface area contributed by atoms with Gasteiger partial charge in [0.1, 0.15) is 6.61 Å². The van der Waals surface area contributed by atoms with E-state index in [9.17, 15) is 4.79 Å². The van der Waals surface area contributed by atoms with E-state index in [2.05, 4.69) is 26.6 Å². The molecule has 0 atom stereocenters. The molecular formula is C27H29BrCl2N2O3. The van der Waals surface area contributed by atoms with Crippen molar-refractivity contribution in [3.8, 4) is 11.5 Å². The van der Waals surface area contributed by atoms with Gasteiger partial charge in [0, 0.05) is 39.9 Å². The summed E-state index contributed by atoms with van der Waals surface area (Å²) in [4.78, 5) is 12.1. The van der Waals surface area contributed by atoms with Gasteiger partial charge in [-0.1, -0.05) is 49.2 Å². The Balaban J connectivity index is 1.69. The van der Waals surface area contributed by atoms with Crippen LogP contribution in [0.2, 0.25) is 10.0 Å². The Bertz CT molecular complexity index is 1170. The molecule has 0 aliphatic rings. The summed E-state index contributed by atoms with van der Waals surface area (Å²) in [6.07, 6.45) is 0.491. The molecule has 0 saturated heterocycles. The monoisotopic (exact) mass is 578 g/mol. The predicted molar refractivity (Wildman–Crippen MR) is 148 cm³/mol. The molecule has 0 aliphatic carbocycles. The SMILES string of the molecule is CCOc1cc(CNc2cccc(NC(=O)CC(C)C)c2)cc(Br)c1OCc1ccc(Cl)cc1Cl. The number of anilines is 2. The summed E-state index contributed by atoms with van der Waals surface area (Å²) in [5.41, 5.74) is 3.50. The van der Waals surface area contributed by atoms with Crippen molar-refractivity contribution in [3.05, 3.63) is 80.2 Å². The zero-order valence-electron chi connectivity index (χ0n) is 20.0. The van der Waals surface area contributed by atoms with E-state index in [1.165, 1.54) is 0 Å². The summed E-state index contributed by atoms with van der Waals surface area (Å²) in [6.45, 7) is 7.31. The molecule has 3 aromatic rings. The molecule has 0 aliphatic heterocycles. The fourth-order valence-corrected chi connectivity index (χ4v) is 4.48. The second-order valence-electron chi connectivity index (χ2n) is 8.44. The van der Waals surface area contributed by atoms with E-state index in [1.807, 2.05) is 63.2 Å². The molecule has 0 aromatic heterocycles. The molecule has 8 heteroatoms. The van der Waals surface area contributed by atoms with E-state index in [1.54, 1.807) is 12.1 Å². The lowest BCUT2D eigenvalue weighted by Crippen LogP contribution is -2.13. The Morgan fingerprint density at radius 2 is 1.80 bits per heavy atom. The third-order valence-electron chi connectivity index (χ3n) is 4.99. The molecule has 0 spiro atoms. The van der Waals surface area contributed by atoms with Crippen LogP contribution in [0, 0.1) is 5.92 Å². The Hall–Kier alpha value is -2.41. The molecule has 0 radical (unpaired) electrons. The van der Waals surface area contributed by atoms with Gasteiger partial charge < -0.3 is 20.1 Å². The third-order valence-corrected chi connectivity index (χ3v) is 6.17. The highest BCUT2D eigenvalue weighted by atomic mass is 79.9. The maximum Gasteiger partial charge on any atom is 0.224 e. The second kappa shape index (κ2) is 13.1. The van der Waals surface area contributed by atoms with Crippen LogP contribution in [0.1, 0.15) is 38.3 Å². The highest BCUT2D eigenvalue weighted by molar-refractivity contribution is 9.10. The van der Waals surface area contributed by atoms with Gasteiger partial charge in [0.25, 0.3) is 0 Å². The van der Waals surface area contributed by atoms with Gasteiger partial charge in [0.05, 0.1) is 11.1 Å². The summed E-state index contributed by atoms with van der Waals surface area (Å²) >= 11 is 15.9. The number of amides is 1. The second-order valence-corrected chi connectivity index (χ2v) is 10.1. The summed E-state index contributed by atoms with van der Waals surface area (Å²) in [7, 11) is 0. The van der Waals surface area contributed by atoms with Crippen LogP contribution in [-0.2, 0) is 17.9 Å². The molecule has 0 heterocycles. The minimum atomic E-state index is 0.0120. The maximum atomic E-state index is 12.1. The van der Waals surface area contributed by atoms with Gasteiger partial charge in [-0.25, -0.2) is 0 Å². The van der Waals surface area contributed by atoms with Crippen LogP contribution in [0.25, 0.3) is 0 Å². The quantitative estimate of drug-likeness (QED) is 0.240. The zero-order chi connectivity index (χ0) is 25.4. The van der Waals surface area contributed by atoms with Gasteiger partial charge in [-0.3, -0.25) is 4.79 Å². The van der Waals surface area contributed by atoms with Crippen molar-refractivity contribution in [1.82, 2.24) is 0 Å². The summed E-state index contributed by atoms with van der Waals surface area (Å²) in [6, 6.07) is 16.9. The number of carbonyl (C=O) groups is 1. The van der Waals surface area contributed by atoms with Crippen LogP contribution in [0.3, 0.4) is 0 Å². The standard InChI is InChI=1S/C27H29BrCl2N2O3/c1-4-34-25-12-18(11-23(28)27(25)35-16-19-8-9-20(29)13-24(19)30)15-31-21-6-5-7-22(14-21)32-26(33)10-17(2)3/h5-9,11-14,17,31H,4,10,15-16H2,1-3H3,(H,32,33). The Morgan fingerprint density at radius 1 is 1.03 bits per heavy atom. The van der Waals surface area contributed by atoms with Crippen LogP contribution < -0.4 is 20.1 Å². The van der Waals surface area contributed by atoms with E-state index < -0.39 is 0 Å². The molecule has 0 unspecified atom stereocenters. The average molecular weight is 580 g/mol. The molecule has 1 amide bonds. The minimum Gasteiger partial charge on any atom is -0.490 e. The first-order chi connectivity index (χ1) is 16.7. The van der Waals surface area contributed by atoms with Gasteiger partial charge in [-0.2, -0.15) is 0 Å². The molecule has 5 nitrogen and oxygen atoms in total. The highest BCUT2D eigenvalue weighted by Crippen LogP contribution is 2.38. The van der Waals surface area contributed by atoms with Crippen molar-refractivity contribution < 1.29 is 14.3 Å². The van der Waals surface area contributed by atoms with Gasteiger partial charge in [-0.15, -0.1) is 0 Å². The first-order valence-electron chi connectivity index (χ1n) is 11.4. The zero-order valence-corrected chi connectivity index (χ0v) is 23.1.